The minimum absolute atomic E-state index is 0.265. The number of carbonyl (C=O) groups is 3. The summed E-state index contributed by atoms with van der Waals surface area (Å²) in [6.07, 6.45) is 0.407. The number of hydrogen-bond donors (Lipinski definition) is 3. The van der Waals surface area contributed by atoms with Crippen molar-refractivity contribution in [3.8, 4) is 5.75 Å². The van der Waals surface area contributed by atoms with Crippen molar-refractivity contribution in [3.05, 3.63) is 89.5 Å². The summed E-state index contributed by atoms with van der Waals surface area (Å²) < 4.78 is 5.11. The molecule has 0 aliphatic carbocycles. The van der Waals surface area contributed by atoms with Crippen LogP contribution in [-0.2, 0) is 4.79 Å². The van der Waals surface area contributed by atoms with Crippen LogP contribution in [0.15, 0.2) is 72.8 Å². The maximum atomic E-state index is 13.0. The Kier molecular flexibility index (Phi) is 7.81. The Labute approximate surface area is 193 Å². The van der Waals surface area contributed by atoms with E-state index in [-0.39, 0.29) is 17.4 Å². The molecule has 170 valence electrons. The Morgan fingerprint density at radius 1 is 0.879 bits per heavy atom. The van der Waals surface area contributed by atoms with E-state index in [1.54, 1.807) is 61.7 Å². The van der Waals surface area contributed by atoms with E-state index in [0.29, 0.717) is 29.1 Å². The van der Waals surface area contributed by atoms with Crippen LogP contribution in [0.4, 0.5) is 11.4 Å². The second kappa shape index (κ2) is 10.9. The van der Waals surface area contributed by atoms with Crippen molar-refractivity contribution < 1.29 is 19.1 Å². The number of aryl methyl sites for hydroxylation is 1. The number of benzene rings is 3. The normalized spacial score (nSPS) is 11.2. The molecule has 1 atom stereocenters. The standard InChI is InChI=1S/C26H27N3O4/c1-4-22(26(32)27-19-9-7-8-17(2)16-19)28-25(31)21-10-5-6-11-23(21)29-24(30)18-12-14-20(33-3)15-13-18/h5-16,22H,4H2,1-3H3,(H,27,32)(H,28,31)(H,29,30)/t22-/m1/s1. The van der Waals surface area contributed by atoms with Gasteiger partial charge in [-0.15, -0.1) is 0 Å². The third-order valence-corrected chi connectivity index (χ3v) is 5.09. The third-order valence-electron chi connectivity index (χ3n) is 5.09. The molecular weight excluding hydrogens is 418 g/mol. The monoisotopic (exact) mass is 445 g/mol. The van der Waals surface area contributed by atoms with Crippen molar-refractivity contribution in [1.82, 2.24) is 5.32 Å². The van der Waals surface area contributed by atoms with Gasteiger partial charge in [0, 0.05) is 11.3 Å². The molecule has 0 aliphatic rings. The summed E-state index contributed by atoms with van der Waals surface area (Å²) in [5, 5.41) is 8.37. The molecular formula is C26H27N3O4. The van der Waals surface area contributed by atoms with Gasteiger partial charge in [-0.2, -0.15) is 0 Å². The lowest BCUT2D eigenvalue weighted by Gasteiger charge is -2.18. The topological polar surface area (TPSA) is 96.5 Å². The third kappa shape index (κ3) is 6.20. The van der Waals surface area contributed by atoms with Gasteiger partial charge < -0.3 is 20.7 Å². The second-order valence-electron chi connectivity index (χ2n) is 7.52. The number of methoxy groups -OCH3 is 1. The first-order valence-electron chi connectivity index (χ1n) is 10.6. The highest BCUT2D eigenvalue weighted by Gasteiger charge is 2.22. The van der Waals surface area contributed by atoms with Crippen LogP contribution in [0.3, 0.4) is 0 Å². The lowest BCUT2D eigenvalue weighted by atomic mass is 10.1. The molecule has 0 heterocycles. The summed E-state index contributed by atoms with van der Waals surface area (Å²) in [7, 11) is 1.55. The molecule has 0 saturated carbocycles. The Morgan fingerprint density at radius 3 is 2.27 bits per heavy atom. The summed E-state index contributed by atoms with van der Waals surface area (Å²) in [6, 6.07) is 20.0. The minimum atomic E-state index is -0.733. The molecule has 0 fully saturated rings. The molecule has 0 aromatic heterocycles. The molecule has 0 bridgehead atoms. The van der Waals surface area contributed by atoms with Crippen LogP contribution in [0.5, 0.6) is 5.75 Å². The van der Waals surface area contributed by atoms with E-state index in [0.717, 1.165) is 5.56 Å². The predicted octanol–water partition coefficient (Wildman–Crippen LogP) is 4.40. The lowest BCUT2D eigenvalue weighted by molar-refractivity contribution is -0.118. The van der Waals surface area contributed by atoms with Crippen LogP contribution in [0, 0.1) is 6.92 Å². The molecule has 0 spiro atoms. The average Bonchev–Trinajstić information content (AvgIpc) is 2.82. The quantitative estimate of drug-likeness (QED) is 0.479. The molecule has 3 rings (SSSR count). The summed E-state index contributed by atoms with van der Waals surface area (Å²) in [5.74, 6) is -0.480. The van der Waals surface area contributed by atoms with Crippen molar-refractivity contribution in [2.24, 2.45) is 0 Å². The number of para-hydroxylation sites is 1. The zero-order valence-electron chi connectivity index (χ0n) is 18.8. The Bertz CT molecular complexity index is 1140. The largest absolute Gasteiger partial charge is 0.497 e. The van der Waals surface area contributed by atoms with Gasteiger partial charge in [0.1, 0.15) is 11.8 Å². The highest BCUT2D eigenvalue weighted by atomic mass is 16.5. The average molecular weight is 446 g/mol. The second-order valence-corrected chi connectivity index (χ2v) is 7.52. The fourth-order valence-corrected chi connectivity index (χ4v) is 3.27. The van der Waals surface area contributed by atoms with Gasteiger partial charge in [0.2, 0.25) is 5.91 Å². The van der Waals surface area contributed by atoms with Gasteiger partial charge in [0.15, 0.2) is 0 Å². The zero-order chi connectivity index (χ0) is 23.8. The van der Waals surface area contributed by atoms with E-state index in [4.69, 9.17) is 4.74 Å². The van der Waals surface area contributed by atoms with Crippen molar-refractivity contribution in [1.29, 1.82) is 0 Å². The summed E-state index contributed by atoms with van der Waals surface area (Å²) >= 11 is 0. The molecule has 0 aliphatic heterocycles. The lowest BCUT2D eigenvalue weighted by Crippen LogP contribution is -2.43. The fraction of sp³-hybridized carbons (Fsp3) is 0.192. The maximum Gasteiger partial charge on any atom is 0.255 e. The molecule has 0 unspecified atom stereocenters. The molecule has 0 saturated heterocycles. The highest BCUT2D eigenvalue weighted by molar-refractivity contribution is 6.10. The number of amides is 3. The van der Waals surface area contributed by atoms with Crippen LogP contribution in [0.25, 0.3) is 0 Å². The number of anilines is 2. The fourth-order valence-electron chi connectivity index (χ4n) is 3.27. The van der Waals surface area contributed by atoms with Gasteiger partial charge in [0.25, 0.3) is 11.8 Å². The summed E-state index contributed by atoms with van der Waals surface area (Å²) in [5.41, 5.74) is 2.73. The maximum absolute atomic E-state index is 13.0. The van der Waals surface area contributed by atoms with Gasteiger partial charge >= 0.3 is 0 Å². The van der Waals surface area contributed by atoms with Crippen molar-refractivity contribution in [2.45, 2.75) is 26.3 Å². The number of hydrogen-bond acceptors (Lipinski definition) is 4. The van der Waals surface area contributed by atoms with Crippen LogP contribution in [0.1, 0.15) is 39.6 Å². The molecule has 7 heteroatoms. The van der Waals surface area contributed by atoms with Crippen LogP contribution >= 0.6 is 0 Å². The first-order valence-corrected chi connectivity index (χ1v) is 10.6. The van der Waals surface area contributed by atoms with Gasteiger partial charge in [-0.1, -0.05) is 31.2 Å². The van der Waals surface area contributed by atoms with E-state index in [2.05, 4.69) is 16.0 Å². The van der Waals surface area contributed by atoms with Crippen LogP contribution in [-0.4, -0.2) is 30.9 Å². The van der Waals surface area contributed by atoms with E-state index in [1.807, 2.05) is 32.0 Å². The van der Waals surface area contributed by atoms with Crippen molar-refractivity contribution in [2.75, 3.05) is 17.7 Å². The van der Waals surface area contributed by atoms with E-state index < -0.39 is 11.9 Å². The summed E-state index contributed by atoms with van der Waals surface area (Å²) in [4.78, 5) is 38.4. The number of carbonyl (C=O) groups excluding carboxylic acids is 3. The molecule has 3 aromatic rings. The number of nitrogens with one attached hydrogen (secondary N) is 3. The zero-order valence-corrected chi connectivity index (χ0v) is 18.8. The van der Waals surface area contributed by atoms with Gasteiger partial charge in [0.05, 0.1) is 18.4 Å². The molecule has 3 N–H and O–H groups in total. The number of rotatable bonds is 8. The minimum Gasteiger partial charge on any atom is -0.497 e. The first-order chi connectivity index (χ1) is 15.9. The SMILES string of the molecule is CC[C@@H](NC(=O)c1ccccc1NC(=O)c1ccc(OC)cc1)C(=O)Nc1cccc(C)c1. The van der Waals surface area contributed by atoms with Crippen LogP contribution in [0.2, 0.25) is 0 Å². The van der Waals surface area contributed by atoms with Crippen molar-refractivity contribution in [3.63, 3.8) is 0 Å². The van der Waals surface area contributed by atoms with Gasteiger partial charge in [-0.25, -0.2) is 0 Å². The first kappa shape index (κ1) is 23.5. The van der Waals surface area contributed by atoms with Crippen molar-refractivity contribution >= 4 is 29.1 Å². The summed E-state index contributed by atoms with van der Waals surface area (Å²) in [6.45, 7) is 3.75. The van der Waals surface area contributed by atoms with Gasteiger partial charge in [-0.3, -0.25) is 14.4 Å². The Morgan fingerprint density at radius 2 is 1.61 bits per heavy atom. The van der Waals surface area contributed by atoms with Gasteiger partial charge in [-0.05, 0) is 67.4 Å². The number of ether oxygens (including phenoxy) is 1. The molecule has 3 amide bonds. The predicted molar refractivity (Wildman–Crippen MR) is 129 cm³/mol. The van der Waals surface area contributed by atoms with E-state index >= 15 is 0 Å². The molecule has 7 nitrogen and oxygen atoms in total. The molecule has 3 aromatic carbocycles. The molecule has 33 heavy (non-hydrogen) atoms. The van der Waals surface area contributed by atoms with E-state index in [9.17, 15) is 14.4 Å². The molecule has 0 radical (unpaired) electrons. The Balaban J connectivity index is 1.71. The van der Waals surface area contributed by atoms with E-state index in [1.165, 1.54) is 0 Å². The Hall–Kier alpha value is -4.13. The van der Waals surface area contributed by atoms with Crippen LogP contribution < -0.4 is 20.7 Å². The smallest absolute Gasteiger partial charge is 0.255 e. The highest BCUT2D eigenvalue weighted by Crippen LogP contribution is 2.18.